The molecule has 28 heavy (non-hydrogen) atoms. The molecule has 8 heteroatoms. The molecule has 1 N–H and O–H groups in total. The fourth-order valence-electron chi connectivity index (χ4n) is 3.48. The van der Waals surface area contributed by atoms with Crippen LogP contribution in [-0.2, 0) is 13.0 Å². The number of aliphatic imine (C=N–C) groups is 1. The predicted octanol–water partition coefficient (Wildman–Crippen LogP) is 1.64. The number of nitrogens with zero attached hydrogens (tertiary/aromatic N) is 6. The van der Waals surface area contributed by atoms with Gasteiger partial charge in [0.25, 0.3) is 0 Å². The molecule has 0 unspecified atom stereocenters. The number of aromatic nitrogens is 3. The maximum absolute atomic E-state index is 5.51. The van der Waals surface area contributed by atoms with E-state index in [1.54, 1.807) is 13.4 Å². The molecular weight excluding hydrogens is 354 g/mol. The highest BCUT2D eigenvalue weighted by Gasteiger charge is 2.21. The first-order chi connectivity index (χ1) is 13.8. The summed E-state index contributed by atoms with van der Waals surface area (Å²) in [5.41, 5.74) is 1.16. The van der Waals surface area contributed by atoms with Crippen molar-refractivity contribution in [3.05, 3.63) is 36.4 Å². The van der Waals surface area contributed by atoms with Crippen LogP contribution in [0, 0.1) is 0 Å². The van der Waals surface area contributed by atoms with Crippen molar-refractivity contribution < 1.29 is 4.74 Å². The van der Waals surface area contributed by atoms with Gasteiger partial charge >= 0.3 is 0 Å². The van der Waals surface area contributed by atoms with Crippen molar-refractivity contribution in [3.8, 4) is 5.75 Å². The molecule has 1 saturated heterocycles. The fourth-order valence-corrected chi connectivity index (χ4v) is 3.48. The van der Waals surface area contributed by atoms with Crippen LogP contribution in [0.1, 0.15) is 19.7 Å². The summed E-state index contributed by atoms with van der Waals surface area (Å²) in [7, 11) is 1.73. The zero-order chi connectivity index (χ0) is 19.8. The number of ether oxygens (including phenoxy) is 1. The Hall–Kier alpha value is -2.77. The smallest absolute Gasteiger partial charge is 0.194 e. The SMILES string of the molecule is CCNC(=NCCn1cnnc1CC)N1CCN(c2ccccc2OC)CC1. The molecular formula is C20H31N7O. The zero-order valence-corrected chi connectivity index (χ0v) is 17.1. The van der Waals surface area contributed by atoms with Crippen LogP contribution < -0.4 is 15.0 Å². The average molecular weight is 386 g/mol. The van der Waals surface area contributed by atoms with Gasteiger partial charge < -0.3 is 24.4 Å². The highest BCUT2D eigenvalue weighted by molar-refractivity contribution is 5.80. The van der Waals surface area contributed by atoms with E-state index < -0.39 is 0 Å². The molecule has 3 rings (SSSR count). The summed E-state index contributed by atoms with van der Waals surface area (Å²) in [4.78, 5) is 9.54. The molecule has 1 aromatic carbocycles. The molecule has 2 heterocycles. The van der Waals surface area contributed by atoms with Crippen LogP contribution >= 0.6 is 0 Å². The zero-order valence-electron chi connectivity index (χ0n) is 17.1. The van der Waals surface area contributed by atoms with Crippen LogP contribution in [0.2, 0.25) is 0 Å². The second kappa shape index (κ2) is 9.96. The summed E-state index contributed by atoms with van der Waals surface area (Å²) in [5.74, 6) is 2.91. The minimum absolute atomic E-state index is 0.708. The molecule has 0 spiro atoms. The topological polar surface area (TPSA) is 70.8 Å². The number of methoxy groups -OCH3 is 1. The van der Waals surface area contributed by atoms with Gasteiger partial charge in [-0.05, 0) is 19.1 Å². The van der Waals surface area contributed by atoms with E-state index in [0.717, 1.165) is 68.9 Å². The third kappa shape index (κ3) is 4.74. The molecule has 0 radical (unpaired) electrons. The van der Waals surface area contributed by atoms with Gasteiger partial charge in [-0.3, -0.25) is 4.99 Å². The molecule has 0 saturated carbocycles. The first-order valence-electron chi connectivity index (χ1n) is 10.0. The van der Waals surface area contributed by atoms with Crippen molar-refractivity contribution in [3.63, 3.8) is 0 Å². The molecule has 0 amide bonds. The number of guanidine groups is 1. The number of anilines is 1. The third-order valence-corrected chi connectivity index (χ3v) is 4.95. The first-order valence-corrected chi connectivity index (χ1v) is 10.0. The van der Waals surface area contributed by atoms with Crippen molar-refractivity contribution in [2.75, 3.05) is 51.3 Å². The average Bonchev–Trinajstić information content (AvgIpc) is 3.21. The second-order valence-electron chi connectivity index (χ2n) is 6.68. The molecule has 152 valence electrons. The quantitative estimate of drug-likeness (QED) is 0.577. The van der Waals surface area contributed by atoms with Crippen molar-refractivity contribution in [1.29, 1.82) is 0 Å². The monoisotopic (exact) mass is 385 g/mol. The Kier molecular flexibility index (Phi) is 7.11. The highest BCUT2D eigenvalue weighted by Crippen LogP contribution is 2.28. The Morgan fingerprint density at radius 2 is 1.96 bits per heavy atom. The lowest BCUT2D eigenvalue weighted by molar-refractivity contribution is 0.367. The minimum atomic E-state index is 0.708. The maximum atomic E-state index is 5.51. The standard InChI is InChI=1S/C20H31N7O/c1-4-19-24-23-16-27(19)11-10-22-20(21-5-2)26-14-12-25(13-15-26)17-8-6-7-9-18(17)28-3/h6-9,16H,4-5,10-15H2,1-3H3,(H,21,22). The third-order valence-electron chi connectivity index (χ3n) is 4.95. The van der Waals surface area contributed by atoms with Crippen LogP contribution in [0.5, 0.6) is 5.75 Å². The lowest BCUT2D eigenvalue weighted by Gasteiger charge is -2.38. The maximum Gasteiger partial charge on any atom is 0.194 e. The van der Waals surface area contributed by atoms with Crippen LogP contribution in [0.4, 0.5) is 5.69 Å². The van der Waals surface area contributed by atoms with Crippen LogP contribution in [0.3, 0.4) is 0 Å². The summed E-state index contributed by atoms with van der Waals surface area (Å²) in [6.07, 6.45) is 2.67. The van der Waals surface area contributed by atoms with Crippen molar-refractivity contribution in [1.82, 2.24) is 25.0 Å². The van der Waals surface area contributed by atoms with E-state index >= 15 is 0 Å². The van der Waals surface area contributed by atoms with Gasteiger partial charge in [-0.2, -0.15) is 0 Å². The molecule has 1 fully saturated rings. The number of nitrogens with one attached hydrogen (secondary N) is 1. The number of hydrogen-bond donors (Lipinski definition) is 1. The summed E-state index contributed by atoms with van der Waals surface area (Å²) >= 11 is 0. The molecule has 8 nitrogen and oxygen atoms in total. The number of benzene rings is 1. The molecule has 0 aliphatic carbocycles. The number of piperazine rings is 1. The summed E-state index contributed by atoms with van der Waals surface area (Å²) in [6, 6.07) is 8.21. The lowest BCUT2D eigenvalue weighted by Crippen LogP contribution is -2.52. The van der Waals surface area contributed by atoms with Crippen LogP contribution in [-0.4, -0.2) is 72.0 Å². The normalized spacial score (nSPS) is 15.0. The van der Waals surface area contributed by atoms with E-state index in [2.05, 4.69) is 55.9 Å². The van der Waals surface area contributed by atoms with E-state index in [9.17, 15) is 0 Å². The Labute approximate surface area is 167 Å². The Morgan fingerprint density at radius 1 is 1.18 bits per heavy atom. The summed E-state index contributed by atoms with van der Waals surface area (Å²) in [6.45, 7) is 10.3. The Morgan fingerprint density at radius 3 is 2.68 bits per heavy atom. The number of aryl methyl sites for hydroxylation is 1. The molecule has 0 atom stereocenters. The van der Waals surface area contributed by atoms with Gasteiger partial charge in [0.15, 0.2) is 5.96 Å². The number of rotatable bonds is 7. The van der Waals surface area contributed by atoms with Gasteiger partial charge in [-0.25, -0.2) is 0 Å². The van der Waals surface area contributed by atoms with Crippen molar-refractivity contribution in [2.24, 2.45) is 4.99 Å². The summed E-state index contributed by atoms with van der Waals surface area (Å²) in [5, 5.41) is 11.6. The Balaban J connectivity index is 1.59. The lowest BCUT2D eigenvalue weighted by atomic mass is 10.2. The molecule has 1 aliphatic rings. The predicted molar refractivity (Wildman–Crippen MR) is 112 cm³/mol. The van der Waals surface area contributed by atoms with E-state index in [0.29, 0.717) is 6.54 Å². The van der Waals surface area contributed by atoms with Gasteiger partial charge in [0.1, 0.15) is 17.9 Å². The largest absolute Gasteiger partial charge is 0.495 e. The van der Waals surface area contributed by atoms with Crippen LogP contribution in [0.15, 0.2) is 35.6 Å². The fraction of sp³-hybridized carbons (Fsp3) is 0.550. The first kappa shape index (κ1) is 20.0. The van der Waals surface area contributed by atoms with Gasteiger partial charge in [-0.1, -0.05) is 19.1 Å². The number of para-hydroxylation sites is 2. The van der Waals surface area contributed by atoms with Gasteiger partial charge in [0.05, 0.1) is 19.3 Å². The van der Waals surface area contributed by atoms with Crippen LogP contribution in [0.25, 0.3) is 0 Å². The highest BCUT2D eigenvalue weighted by atomic mass is 16.5. The van der Waals surface area contributed by atoms with Gasteiger partial charge in [0.2, 0.25) is 0 Å². The van der Waals surface area contributed by atoms with E-state index in [1.165, 1.54) is 0 Å². The van der Waals surface area contributed by atoms with E-state index in [1.807, 2.05) is 12.1 Å². The Bertz CT molecular complexity index is 765. The second-order valence-corrected chi connectivity index (χ2v) is 6.68. The molecule has 2 aromatic rings. The van der Waals surface area contributed by atoms with Gasteiger partial charge in [0, 0.05) is 45.7 Å². The molecule has 1 aliphatic heterocycles. The van der Waals surface area contributed by atoms with Crippen molar-refractivity contribution in [2.45, 2.75) is 26.8 Å². The summed E-state index contributed by atoms with van der Waals surface area (Å²) < 4.78 is 7.59. The van der Waals surface area contributed by atoms with E-state index in [4.69, 9.17) is 9.73 Å². The molecule has 0 bridgehead atoms. The van der Waals surface area contributed by atoms with E-state index in [-0.39, 0.29) is 0 Å². The number of hydrogen-bond acceptors (Lipinski definition) is 5. The van der Waals surface area contributed by atoms with Gasteiger partial charge in [-0.15, -0.1) is 10.2 Å². The van der Waals surface area contributed by atoms with Crippen molar-refractivity contribution >= 4 is 11.6 Å². The minimum Gasteiger partial charge on any atom is -0.495 e. The molecule has 1 aromatic heterocycles.